The standard InChI is InChI=1S/C15H14Cl3NO/c1-2-19-9-11-12(17)4-3-5-14(11)20-15-7-6-10(16)8-13(15)18/h3-8,19H,2,9H2,1H3. The van der Waals surface area contributed by atoms with E-state index in [0.717, 1.165) is 12.1 Å². The van der Waals surface area contributed by atoms with Crippen molar-refractivity contribution in [3.05, 3.63) is 57.0 Å². The smallest absolute Gasteiger partial charge is 0.146 e. The zero-order valence-electron chi connectivity index (χ0n) is 10.9. The first-order valence-electron chi connectivity index (χ1n) is 6.23. The molecule has 106 valence electrons. The van der Waals surface area contributed by atoms with Gasteiger partial charge in [-0.1, -0.05) is 47.8 Å². The van der Waals surface area contributed by atoms with Crippen LogP contribution in [0.2, 0.25) is 15.1 Å². The summed E-state index contributed by atoms with van der Waals surface area (Å²) < 4.78 is 5.86. The number of hydrogen-bond donors (Lipinski definition) is 1. The average molecular weight is 331 g/mol. The Bertz CT molecular complexity index is 602. The number of hydrogen-bond acceptors (Lipinski definition) is 2. The summed E-state index contributed by atoms with van der Waals surface area (Å²) >= 11 is 18.2. The van der Waals surface area contributed by atoms with Gasteiger partial charge in [-0.25, -0.2) is 0 Å². The lowest BCUT2D eigenvalue weighted by atomic mass is 10.2. The second-order valence-corrected chi connectivity index (χ2v) is 5.42. The molecule has 0 bridgehead atoms. The van der Waals surface area contributed by atoms with Crippen molar-refractivity contribution in [2.45, 2.75) is 13.5 Å². The predicted octanol–water partition coefficient (Wildman–Crippen LogP) is 5.55. The maximum absolute atomic E-state index is 6.22. The molecule has 0 saturated heterocycles. The number of nitrogens with one attached hydrogen (secondary N) is 1. The lowest BCUT2D eigenvalue weighted by Gasteiger charge is -2.14. The van der Waals surface area contributed by atoms with E-state index in [0.29, 0.717) is 33.1 Å². The normalized spacial score (nSPS) is 10.6. The predicted molar refractivity (Wildman–Crippen MR) is 85.4 cm³/mol. The Morgan fingerprint density at radius 1 is 1.00 bits per heavy atom. The molecule has 2 aromatic rings. The average Bonchev–Trinajstić information content (AvgIpc) is 2.41. The molecule has 5 heteroatoms. The second kappa shape index (κ2) is 7.19. The zero-order valence-corrected chi connectivity index (χ0v) is 13.2. The molecule has 0 radical (unpaired) electrons. The van der Waals surface area contributed by atoms with Crippen LogP contribution in [0.3, 0.4) is 0 Å². The molecule has 1 N–H and O–H groups in total. The molecule has 0 aliphatic carbocycles. The van der Waals surface area contributed by atoms with Gasteiger partial charge in [0.25, 0.3) is 0 Å². The largest absolute Gasteiger partial charge is 0.455 e. The first kappa shape index (κ1) is 15.5. The highest BCUT2D eigenvalue weighted by molar-refractivity contribution is 6.35. The fourth-order valence-corrected chi connectivity index (χ4v) is 2.41. The van der Waals surface area contributed by atoms with Crippen LogP contribution >= 0.6 is 34.8 Å². The van der Waals surface area contributed by atoms with Gasteiger partial charge in [-0.15, -0.1) is 0 Å². The van der Waals surface area contributed by atoms with Crippen molar-refractivity contribution in [2.75, 3.05) is 6.54 Å². The molecule has 0 aromatic heterocycles. The summed E-state index contributed by atoms with van der Waals surface area (Å²) in [6.07, 6.45) is 0. The van der Waals surface area contributed by atoms with Gasteiger partial charge >= 0.3 is 0 Å². The van der Waals surface area contributed by atoms with Gasteiger partial charge in [0.15, 0.2) is 0 Å². The summed E-state index contributed by atoms with van der Waals surface area (Å²) in [7, 11) is 0. The molecule has 2 rings (SSSR count). The van der Waals surface area contributed by atoms with Crippen LogP contribution in [0.25, 0.3) is 0 Å². The van der Waals surface area contributed by atoms with Crippen LogP contribution in [-0.2, 0) is 6.54 Å². The van der Waals surface area contributed by atoms with Crippen LogP contribution in [0, 0.1) is 0 Å². The Morgan fingerprint density at radius 3 is 2.50 bits per heavy atom. The Morgan fingerprint density at radius 2 is 1.80 bits per heavy atom. The summed E-state index contributed by atoms with van der Waals surface area (Å²) in [5.74, 6) is 1.23. The van der Waals surface area contributed by atoms with Gasteiger partial charge < -0.3 is 10.1 Å². The fraction of sp³-hybridized carbons (Fsp3) is 0.200. The molecule has 20 heavy (non-hydrogen) atoms. The Hall–Kier alpha value is -0.930. The van der Waals surface area contributed by atoms with Crippen LogP contribution in [0.15, 0.2) is 36.4 Å². The van der Waals surface area contributed by atoms with Gasteiger partial charge in [0, 0.05) is 22.2 Å². The summed E-state index contributed by atoms with van der Waals surface area (Å²) in [6.45, 7) is 3.52. The highest BCUT2D eigenvalue weighted by Gasteiger charge is 2.10. The number of rotatable bonds is 5. The van der Waals surface area contributed by atoms with Crippen LogP contribution < -0.4 is 10.1 Å². The first-order valence-corrected chi connectivity index (χ1v) is 7.36. The van der Waals surface area contributed by atoms with Crippen LogP contribution in [-0.4, -0.2) is 6.54 Å². The molecule has 0 heterocycles. The van der Waals surface area contributed by atoms with Crippen LogP contribution in [0.4, 0.5) is 0 Å². The third kappa shape index (κ3) is 3.80. The van der Waals surface area contributed by atoms with E-state index in [9.17, 15) is 0 Å². The van der Waals surface area contributed by atoms with Gasteiger partial charge in [-0.2, -0.15) is 0 Å². The lowest BCUT2D eigenvalue weighted by molar-refractivity contribution is 0.473. The van der Waals surface area contributed by atoms with E-state index in [4.69, 9.17) is 39.5 Å². The second-order valence-electron chi connectivity index (χ2n) is 4.17. The van der Waals surface area contributed by atoms with Gasteiger partial charge in [-0.05, 0) is 36.9 Å². The van der Waals surface area contributed by atoms with Crippen molar-refractivity contribution in [1.82, 2.24) is 5.32 Å². The highest BCUT2D eigenvalue weighted by Crippen LogP contribution is 2.35. The van der Waals surface area contributed by atoms with Crippen LogP contribution in [0.5, 0.6) is 11.5 Å². The quantitative estimate of drug-likeness (QED) is 0.776. The SMILES string of the molecule is CCNCc1c(Cl)cccc1Oc1ccc(Cl)cc1Cl. The molecule has 0 spiro atoms. The summed E-state index contributed by atoms with van der Waals surface area (Å²) in [4.78, 5) is 0. The number of benzene rings is 2. The molecule has 2 nitrogen and oxygen atoms in total. The number of ether oxygens (including phenoxy) is 1. The molecular formula is C15H14Cl3NO. The number of halogens is 3. The van der Waals surface area contributed by atoms with Gasteiger partial charge in [0.05, 0.1) is 5.02 Å². The van der Waals surface area contributed by atoms with E-state index >= 15 is 0 Å². The molecule has 0 saturated carbocycles. The minimum absolute atomic E-state index is 0.465. The van der Waals surface area contributed by atoms with Crippen molar-refractivity contribution >= 4 is 34.8 Å². The summed E-state index contributed by atoms with van der Waals surface area (Å²) in [6, 6.07) is 10.7. The molecule has 0 fully saturated rings. The van der Waals surface area contributed by atoms with Gasteiger partial charge in [0.2, 0.25) is 0 Å². The van der Waals surface area contributed by atoms with Gasteiger partial charge in [0.1, 0.15) is 11.5 Å². The molecule has 0 aliphatic heterocycles. The Kier molecular flexibility index (Phi) is 5.55. The van der Waals surface area contributed by atoms with Gasteiger partial charge in [-0.3, -0.25) is 0 Å². The van der Waals surface area contributed by atoms with Crippen molar-refractivity contribution in [1.29, 1.82) is 0 Å². The Labute approximate surface area is 133 Å². The minimum Gasteiger partial charge on any atom is -0.455 e. The third-order valence-electron chi connectivity index (χ3n) is 2.74. The lowest BCUT2D eigenvalue weighted by Crippen LogP contribution is -2.12. The first-order chi connectivity index (χ1) is 9.61. The maximum Gasteiger partial charge on any atom is 0.146 e. The van der Waals surface area contributed by atoms with E-state index in [1.807, 2.05) is 25.1 Å². The molecule has 0 amide bonds. The maximum atomic E-state index is 6.22. The molecule has 0 aliphatic rings. The summed E-state index contributed by atoms with van der Waals surface area (Å²) in [5.41, 5.74) is 0.905. The van der Waals surface area contributed by atoms with E-state index in [1.165, 1.54) is 0 Å². The third-order valence-corrected chi connectivity index (χ3v) is 3.63. The molecule has 2 aromatic carbocycles. The van der Waals surface area contributed by atoms with Crippen molar-refractivity contribution in [2.24, 2.45) is 0 Å². The topological polar surface area (TPSA) is 21.3 Å². The molecule has 0 atom stereocenters. The van der Waals surface area contributed by atoms with Crippen LogP contribution in [0.1, 0.15) is 12.5 Å². The molecular weight excluding hydrogens is 317 g/mol. The van der Waals surface area contributed by atoms with E-state index in [-0.39, 0.29) is 0 Å². The van der Waals surface area contributed by atoms with E-state index < -0.39 is 0 Å². The fourth-order valence-electron chi connectivity index (χ4n) is 1.73. The minimum atomic E-state index is 0.465. The van der Waals surface area contributed by atoms with Crippen molar-refractivity contribution in [3.63, 3.8) is 0 Å². The highest BCUT2D eigenvalue weighted by atomic mass is 35.5. The van der Waals surface area contributed by atoms with Crippen molar-refractivity contribution < 1.29 is 4.74 Å². The van der Waals surface area contributed by atoms with E-state index in [1.54, 1.807) is 18.2 Å². The summed E-state index contributed by atoms with van der Waals surface area (Å²) in [5, 5.41) is 4.93. The zero-order chi connectivity index (χ0) is 14.5. The monoisotopic (exact) mass is 329 g/mol. The Balaban J connectivity index is 2.30. The van der Waals surface area contributed by atoms with E-state index in [2.05, 4.69) is 5.32 Å². The van der Waals surface area contributed by atoms with Crippen molar-refractivity contribution in [3.8, 4) is 11.5 Å². The molecule has 0 unspecified atom stereocenters.